The summed E-state index contributed by atoms with van der Waals surface area (Å²) in [5.41, 5.74) is 10.6. The minimum atomic E-state index is -0.543. The van der Waals surface area contributed by atoms with Gasteiger partial charge in [0.05, 0.1) is 5.02 Å². The average Bonchev–Trinajstić information content (AvgIpc) is 3.09. The number of fused-ring (bicyclic) bond motifs is 1. The lowest BCUT2D eigenvalue weighted by Gasteiger charge is -2.31. The van der Waals surface area contributed by atoms with Crippen molar-refractivity contribution in [1.82, 2.24) is 0 Å². The van der Waals surface area contributed by atoms with Gasteiger partial charge in [0.25, 0.3) is 0 Å². The van der Waals surface area contributed by atoms with Crippen LogP contribution in [-0.4, -0.2) is 0 Å². The van der Waals surface area contributed by atoms with Crippen molar-refractivity contribution in [3.63, 3.8) is 0 Å². The maximum atomic E-state index is 15.9. The summed E-state index contributed by atoms with van der Waals surface area (Å²) >= 11 is 6.58. The summed E-state index contributed by atoms with van der Waals surface area (Å²) in [5.74, 6) is -0.953. The fraction of sp³-hybridized carbons (Fsp3) is 0.333. The van der Waals surface area contributed by atoms with Gasteiger partial charge in [0.15, 0.2) is 0 Å². The lowest BCUT2D eigenvalue weighted by Crippen LogP contribution is -2.25. The van der Waals surface area contributed by atoms with Crippen LogP contribution in [0.4, 0.5) is 8.78 Å². The third-order valence-electron chi connectivity index (χ3n) is 7.06. The maximum Gasteiger partial charge on any atom is 0.142 e. The van der Waals surface area contributed by atoms with Gasteiger partial charge in [0.1, 0.15) is 11.6 Å². The van der Waals surface area contributed by atoms with Crippen molar-refractivity contribution in [2.75, 3.05) is 0 Å². The SMILES string of the molecule is C=C(N)c1ccc(CCC)c(F)c1-c1c(Cl)c(F)cc2c1C(C)C(C)(c1ccccc1)C2.CC. The molecule has 3 aromatic rings. The lowest BCUT2D eigenvalue weighted by molar-refractivity contribution is 0.430. The maximum absolute atomic E-state index is 15.9. The molecule has 0 saturated heterocycles. The molecule has 1 nitrogen and oxygen atoms in total. The predicted molar refractivity (Wildman–Crippen MR) is 141 cm³/mol. The van der Waals surface area contributed by atoms with Crippen LogP contribution in [0, 0.1) is 11.6 Å². The van der Waals surface area contributed by atoms with Crippen molar-refractivity contribution in [3.05, 3.63) is 99.6 Å². The van der Waals surface area contributed by atoms with Gasteiger partial charge in [-0.1, -0.05) is 102 Å². The molecule has 1 aliphatic rings. The topological polar surface area (TPSA) is 26.0 Å². The van der Waals surface area contributed by atoms with Crippen LogP contribution in [-0.2, 0) is 18.3 Å². The zero-order chi connectivity index (χ0) is 25.2. The molecule has 1 aliphatic carbocycles. The van der Waals surface area contributed by atoms with Crippen LogP contribution in [0.15, 0.2) is 55.1 Å². The molecule has 0 heterocycles. The fourth-order valence-corrected chi connectivity index (χ4v) is 5.46. The Balaban J connectivity index is 0.00000158. The molecule has 4 rings (SSSR count). The minimum absolute atomic E-state index is 0.0129. The monoisotopic (exact) mass is 481 g/mol. The Morgan fingerprint density at radius 1 is 1.12 bits per heavy atom. The zero-order valence-electron chi connectivity index (χ0n) is 20.7. The van der Waals surface area contributed by atoms with Gasteiger partial charge in [-0.15, -0.1) is 0 Å². The molecule has 3 aromatic carbocycles. The highest BCUT2D eigenvalue weighted by molar-refractivity contribution is 6.34. The van der Waals surface area contributed by atoms with Gasteiger partial charge in [-0.3, -0.25) is 0 Å². The molecule has 180 valence electrons. The molecule has 0 aromatic heterocycles. The van der Waals surface area contributed by atoms with E-state index in [2.05, 4.69) is 32.6 Å². The molecule has 2 unspecified atom stereocenters. The number of rotatable bonds is 5. The van der Waals surface area contributed by atoms with Crippen LogP contribution in [0.1, 0.15) is 74.8 Å². The Morgan fingerprint density at radius 2 is 1.76 bits per heavy atom. The number of hydrogen-bond donors (Lipinski definition) is 1. The van der Waals surface area contributed by atoms with Crippen molar-refractivity contribution in [1.29, 1.82) is 0 Å². The summed E-state index contributed by atoms with van der Waals surface area (Å²) in [5, 5.41) is -0.0667. The number of halogens is 3. The van der Waals surface area contributed by atoms with Crippen LogP contribution in [0.25, 0.3) is 16.8 Å². The summed E-state index contributed by atoms with van der Waals surface area (Å²) in [4.78, 5) is 0. The van der Waals surface area contributed by atoms with E-state index in [1.54, 1.807) is 12.1 Å². The second kappa shape index (κ2) is 10.3. The molecule has 0 radical (unpaired) electrons. The Labute approximate surface area is 207 Å². The Hall–Kier alpha value is -2.65. The minimum Gasteiger partial charge on any atom is -0.399 e. The summed E-state index contributed by atoms with van der Waals surface area (Å²) < 4.78 is 31.0. The molecule has 2 N–H and O–H groups in total. The quantitative estimate of drug-likeness (QED) is 0.387. The predicted octanol–water partition coefficient (Wildman–Crippen LogP) is 8.81. The molecule has 0 aliphatic heterocycles. The Morgan fingerprint density at radius 3 is 2.35 bits per heavy atom. The summed E-state index contributed by atoms with van der Waals surface area (Å²) in [6, 6.07) is 15.2. The van der Waals surface area contributed by atoms with Crippen molar-refractivity contribution < 1.29 is 8.78 Å². The third kappa shape index (κ3) is 4.27. The number of aryl methyl sites for hydroxylation is 1. The summed E-state index contributed by atoms with van der Waals surface area (Å²) in [6.07, 6.45) is 2.00. The zero-order valence-corrected chi connectivity index (χ0v) is 21.5. The summed E-state index contributed by atoms with van der Waals surface area (Å²) in [7, 11) is 0. The van der Waals surface area contributed by atoms with Gasteiger partial charge in [-0.05, 0) is 47.1 Å². The first-order chi connectivity index (χ1) is 16.2. The molecule has 0 amide bonds. The van der Waals surface area contributed by atoms with Crippen molar-refractivity contribution in [2.24, 2.45) is 5.73 Å². The van der Waals surface area contributed by atoms with Crippen molar-refractivity contribution in [3.8, 4) is 11.1 Å². The van der Waals surface area contributed by atoms with Crippen LogP contribution in [0.2, 0.25) is 5.02 Å². The standard InChI is InChI=1S/C28H28ClF2N.C2H6/c1-5-9-18-12-13-21(17(3)32)24(27(18)31)25-23-16(2)28(4,20-10-7-6-8-11-20)15-19(23)14-22(30)26(25)29;1-2/h6-8,10-14,16H,3,5,9,15,32H2,1-2,4H3;1-2H3. The molecule has 4 heteroatoms. The van der Waals surface area contributed by atoms with E-state index in [4.69, 9.17) is 17.3 Å². The highest BCUT2D eigenvalue weighted by atomic mass is 35.5. The van der Waals surface area contributed by atoms with Gasteiger partial charge < -0.3 is 5.73 Å². The van der Waals surface area contributed by atoms with E-state index in [1.165, 1.54) is 6.07 Å². The van der Waals surface area contributed by atoms with Crippen molar-refractivity contribution in [2.45, 2.75) is 65.2 Å². The van der Waals surface area contributed by atoms with Crippen LogP contribution >= 0.6 is 11.6 Å². The Bertz CT molecular complexity index is 1200. The second-order valence-electron chi connectivity index (χ2n) is 9.04. The first-order valence-electron chi connectivity index (χ1n) is 12.0. The Kier molecular flexibility index (Phi) is 7.88. The molecule has 34 heavy (non-hydrogen) atoms. The molecule has 0 spiro atoms. The summed E-state index contributed by atoms with van der Waals surface area (Å²) in [6.45, 7) is 14.1. The average molecular weight is 482 g/mol. The van der Waals surface area contributed by atoms with E-state index < -0.39 is 11.6 Å². The highest BCUT2D eigenvalue weighted by Crippen LogP contribution is 2.54. The molecular formula is C30H34ClF2N. The first kappa shape index (κ1) is 26.0. The fourth-order valence-electron chi connectivity index (χ4n) is 5.21. The van der Waals surface area contributed by atoms with Gasteiger partial charge in [-0.2, -0.15) is 0 Å². The third-order valence-corrected chi connectivity index (χ3v) is 7.43. The molecular weight excluding hydrogens is 448 g/mol. The number of hydrogen-bond acceptors (Lipinski definition) is 1. The van der Waals surface area contributed by atoms with Crippen LogP contribution in [0.3, 0.4) is 0 Å². The van der Waals surface area contributed by atoms with Gasteiger partial charge in [0, 0.05) is 27.8 Å². The highest BCUT2D eigenvalue weighted by Gasteiger charge is 2.44. The lowest BCUT2D eigenvalue weighted by atomic mass is 9.72. The van der Waals surface area contributed by atoms with Crippen LogP contribution in [0.5, 0.6) is 0 Å². The molecule has 0 saturated carbocycles. The van der Waals surface area contributed by atoms with E-state index in [0.717, 1.165) is 23.1 Å². The van der Waals surface area contributed by atoms with E-state index in [9.17, 15) is 0 Å². The first-order valence-corrected chi connectivity index (χ1v) is 12.4. The molecule has 0 fully saturated rings. The number of nitrogens with two attached hydrogens (primary N) is 1. The van der Waals surface area contributed by atoms with E-state index in [-0.39, 0.29) is 27.6 Å². The van der Waals surface area contributed by atoms with Crippen LogP contribution < -0.4 is 5.73 Å². The largest absolute Gasteiger partial charge is 0.399 e. The van der Waals surface area contributed by atoms with Gasteiger partial charge in [-0.25, -0.2) is 8.78 Å². The van der Waals surface area contributed by atoms with Gasteiger partial charge >= 0.3 is 0 Å². The molecule has 2 atom stereocenters. The van der Waals surface area contributed by atoms with Crippen molar-refractivity contribution >= 4 is 17.3 Å². The van der Waals surface area contributed by atoms with E-state index >= 15 is 8.78 Å². The smallest absolute Gasteiger partial charge is 0.142 e. The molecule has 0 bridgehead atoms. The van der Waals surface area contributed by atoms with Gasteiger partial charge in [0.2, 0.25) is 0 Å². The normalized spacial score (nSPS) is 18.8. The van der Waals surface area contributed by atoms with E-state index in [1.807, 2.05) is 39.0 Å². The van der Waals surface area contributed by atoms with E-state index in [0.29, 0.717) is 29.5 Å². The number of benzene rings is 3. The second-order valence-corrected chi connectivity index (χ2v) is 9.42.